The van der Waals surface area contributed by atoms with Gasteiger partial charge in [-0.1, -0.05) is 31.0 Å². The van der Waals surface area contributed by atoms with E-state index in [9.17, 15) is 4.79 Å². The molecule has 3 rings (SSSR count). The van der Waals surface area contributed by atoms with Gasteiger partial charge in [0.25, 0.3) is 5.91 Å². The van der Waals surface area contributed by atoms with E-state index in [-0.39, 0.29) is 5.91 Å². The number of nitrogens with zero attached hydrogens (tertiary/aromatic N) is 2. The Labute approximate surface area is 141 Å². The molecule has 0 unspecified atom stereocenters. The Morgan fingerprint density at radius 1 is 1.21 bits per heavy atom. The number of methoxy groups -OCH3 is 1. The molecule has 0 atom stereocenters. The van der Waals surface area contributed by atoms with Crippen LogP contribution in [0.3, 0.4) is 0 Å². The normalized spacial score (nSPS) is 14.4. The summed E-state index contributed by atoms with van der Waals surface area (Å²) in [6, 6.07) is 8.06. The van der Waals surface area contributed by atoms with Gasteiger partial charge in [0.15, 0.2) is 0 Å². The molecule has 1 amide bonds. The molecular weight excluding hydrogens is 304 g/mol. The number of anilines is 1. The molecule has 0 radical (unpaired) electrons. The first-order chi connectivity index (χ1) is 11.8. The van der Waals surface area contributed by atoms with Crippen LogP contribution in [0.5, 0.6) is 5.75 Å². The molecule has 6 nitrogen and oxygen atoms in total. The second-order valence-electron chi connectivity index (χ2n) is 5.91. The van der Waals surface area contributed by atoms with E-state index in [0.717, 1.165) is 17.1 Å². The predicted molar refractivity (Wildman–Crippen MR) is 92.1 cm³/mol. The lowest BCUT2D eigenvalue weighted by Crippen LogP contribution is -2.24. The van der Waals surface area contributed by atoms with Gasteiger partial charge in [0.1, 0.15) is 17.3 Å². The van der Waals surface area contributed by atoms with Crippen LogP contribution < -0.4 is 15.4 Å². The van der Waals surface area contributed by atoms with Gasteiger partial charge in [0.05, 0.1) is 19.5 Å². The molecule has 126 valence electrons. The molecule has 1 aromatic heterocycles. The molecule has 0 bridgehead atoms. The highest BCUT2D eigenvalue weighted by atomic mass is 16.5. The summed E-state index contributed by atoms with van der Waals surface area (Å²) >= 11 is 0. The van der Waals surface area contributed by atoms with Crippen LogP contribution in [-0.2, 0) is 6.54 Å². The largest absolute Gasteiger partial charge is 0.496 e. The number of rotatable bonds is 6. The van der Waals surface area contributed by atoms with Crippen molar-refractivity contribution in [2.75, 3.05) is 12.4 Å². The Balaban J connectivity index is 1.56. The van der Waals surface area contributed by atoms with Gasteiger partial charge in [0, 0.05) is 18.2 Å². The molecule has 1 aromatic carbocycles. The number of benzene rings is 1. The summed E-state index contributed by atoms with van der Waals surface area (Å²) in [5, 5.41) is 6.20. The van der Waals surface area contributed by atoms with Gasteiger partial charge in [-0.15, -0.1) is 0 Å². The highest BCUT2D eigenvalue weighted by Gasteiger charge is 2.15. The minimum Gasteiger partial charge on any atom is -0.496 e. The van der Waals surface area contributed by atoms with Crippen molar-refractivity contribution >= 4 is 11.7 Å². The van der Waals surface area contributed by atoms with Crippen molar-refractivity contribution in [1.29, 1.82) is 0 Å². The Morgan fingerprint density at radius 3 is 2.71 bits per heavy atom. The summed E-state index contributed by atoms with van der Waals surface area (Å²) in [6.45, 7) is 0.382. The van der Waals surface area contributed by atoms with Gasteiger partial charge in [-0.05, 0) is 18.9 Å². The van der Waals surface area contributed by atoms with Gasteiger partial charge >= 0.3 is 0 Å². The minimum absolute atomic E-state index is 0.249. The molecular formula is C18H22N4O2. The second kappa shape index (κ2) is 7.77. The molecule has 2 aromatic rings. The Bertz CT molecular complexity index is 682. The van der Waals surface area contributed by atoms with Crippen LogP contribution in [0.25, 0.3) is 0 Å². The number of aromatic nitrogens is 2. The summed E-state index contributed by atoms with van der Waals surface area (Å²) in [6.07, 6.45) is 7.99. The first kappa shape index (κ1) is 16.2. The maximum absolute atomic E-state index is 12.2. The van der Waals surface area contributed by atoms with E-state index in [2.05, 4.69) is 20.6 Å². The van der Waals surface area contributed by atoms with E-state index in [1.54, 1.807) is 13.3 Å². The average Bonchev–Trinajstić information content (AvgIpc) is 3.13. The lowest BCUT2D eigenvalue weighted by Gasteiger charge is -2.12. The lowest BCUT2D eigenvalue weighted by atomic mass is 10.2. The zero-order chi connectivity index (χ0) is 16.8. The molecule has 0 aliphatic heterocycles. The third-order valence-corrected chi connectivity index (χ3v) is 4.22. The quantitative estimate of drug-likeness (QED) is 0.853. The first-order valence-electron chi connectivity index (χ1n) is 8.25. The average molecular weight is 326 g/mol. The standard InChI is InChI=1S/C18H22N4O2/c1-24-16-9-5-2-6-13(16)10-21-18(23)15-11-20-17(12-19-15)22-14-7-3-4-8-14/h2,5-6,9,11-12,14H,3-4,7-8,10H2,1H3,(H,20,22)(H,21,23). The number of carbonyl (C=O) groups is 1. The van der Waals surface area contributed by atoms with E-state index in [0.29, 0.717) is 18.3 Å². The third-order valence-electron chi connectivity index (χ3n) is 4.22. The summed E-state index contributed by atoms with van der Waals surface area (Å²) in [5.41, 5.74) is 1.22. The topological polar surface area (TPSA) is 76.1 Å². The molecule has 1 heterocycles. The van der Waals surface area contributed by atoms with E-state index in [1.807, 2.05) is 24.3 Å². The first-order valence-corrected chi connectivity index (χ1v) is 8.25. The van der Waals surface area contributed by atoms with Crippen LogP contribution in [0.1, 0.15) is 41.7 Å². The van der Waals surface area contributed by atoms with Crippen molar-refractivity contribution in [2.24, 2.45) is 0 Å². The number of carbonyl (C=O) groups excluding carboxylic acids is 1. The molecule has 1 aliphatic rings. The SMILES string of the molecule is COc1ccccc1CNC(=O)c1cnc(NC2CCCC2)cn1. The van der Waals surface area contributed by atoms with Gasteiger partial charge in [0.2, 0.25) is 0 Å². The molecule has 1 saturated carbocycles. The zero-order valence-corrected chi connectivity index (χ0v) is 13.8. The maximum Gasteiger partial charge on any atom is 0.271 e. The van der Waals surface area contributed by atoms with Crippen molar-refractivity contribution < 1.29 is 9.53 Å². The Hall–Kier alpha value is -2.63. The van der Waals surface area contributed by atoms with Crippen molar-refractivity contribution in [2.45, 2.75) is 38.3 Å². The van der Waals surface area contributed by atoms with E-state index >= 15 is 0 Å². The highest BCUT2D eigenvalue weighted by Crippen LogP contribution is 2.21. The van der Waals surface area contributed by atoms with E-state index < -0.39 is 0 Å². The molecule has 1 aliphatic carbocycles. The number of hydrogen-bond acceptors (Lipinski definition) is 5. The van der Waals surface area contributed by atoms with Gasteiger partial charge in [-0.2, -0.15) is 0 Å². The number of nitrogens with one attached hydrogen (secondary N) is 2. The van der Waals surface area contributed by atoms with Crippen molar-refractivity contribution in [1.82, 2.24) is 15.3 Å². The van der Waals surface area contributed by atoms with Crippen LogP contribution in [0.15, 0.2) is 36.7 Å². The number of hydrogen-bond donors (Lipinski definition) is 2. The summed E-state index contributed by atoms with van der Waals surface area (Å²) < 4.78 is 5.27. The second-order valence-corrected chi connectivity index (χ2v) is 5.91. The smallest absolute Gasteiger partial charge is 0.271 e. The maximum atomic E-state index is 12.2. The number of ether oxygens (including phenoxy) is 1. The van der Waals surface area contributed by atoms with Gasteiger partial charge < -0.3 is 15.4 Å². The Kier molecular flexibility index (Phi) is 5.25. The lowest BCUT2D eigenvalue weighted by molar-refractivity contribution is 0.0945. The van der Waals surface area contributed by atoms with Crippen LogP contribution in [0, 0.1) is 0 Å². The molecule has 24 heavy (non-hydrogen) atoms. The fraction of sp³-hybridized carbons (Fsp3) is 0.389. The van der Waals surface area contributed by atoms with Crippen LogP contribution in [0.4, 0.5) is 5.82 Å². The highest BCUT2D eigenvalue weighted by molar-refractivity contribution is 5.92. The fourth-order valence-electron chi connectivity index (χ4n) is 2.91. The molecule has 6 heteroatoms. The minimum atomic E-state index is -0.249. The Morgan fingerprint density at radius 2 is 2.00 bits per heavy atom. The molecule has 0 spiro atoms. The fourth-order valence-corrected chi connectivity index (χ4v) is 2.91. The zero-order valence-electron chi connectivity index (χ0n) is 13.8. The van der Waals surface area contributed by atoms with Gasteiger partial charge in [-0.25, -0.2) is 9.97 Å². The number of amides is 1. The van der Waals surface area contributed by atoms with Crippen LogP contribution in [-0.4, -0.2) is 29.0 Å². The van der Waals surface area contributed by atoms with Crippen molar-refractivity contribution in [3.8, 4) is 5.75 Å². The molecule has 1 fully saturated rings. The van der Waals surface area contributed by atoms with Crippen molar-refractivity contribution in [3.05, 3.63) is 47.9 Å². The third kappa shape index (κ3) is 4.01. The van der Waals surface area contributed by atoms with E-state index in [1.165, 1.54) is 31.9 Å². The molecule has 0 saturated heterocycles. The van der Waals surface area contributed by atoms with E-state index in [4.69, 9.17) is 4.74 Å². The monoisotopic (exact) mass is 326 g/mol. The summed E-state index contributed by atoms with van der Waals surface area (Å²) in [5.74, 6) is 1.23. The summed E-state index contributed by atoms with van der Waals surface area (Å²) in [4.78, 5) is 20.7. The van der Waals surface area contributed by atoms with Crippen molar-refractivity contribution in [3.63, 3.8) is 0 Å². The van der Waals surface area contributed by atoms with Gasteiger partial charge in [-0.3, -0.25) is 4.79 Å². The molecule has 2 N–H and O–H groups in total. The predicted octanol–water partition coefficient (Wildman–Crippen LogP) is 2.77. The number of para-hydroxylation sites is 1. The van der Waals surface area contributed by atoms with Crippen LogP contribution >= 0.6 is 0 Å². The summed E-state index contributed by atoms with van der Waals surface area (Å²) in [7, 11) is 1.61. The van der Waals surface area contributed by atoms with Crippen LogP contribution in [0.2, 0.25) is 0 Å².